The second-order valence-corrected chi connectivity index (χ2v) is 7.96. The largest absolute Gasteiger partial charge is 0.390 e. The molecule has 0 radical (unpaired) electrons. The Morgan fingerprint density at radius 3 is 2.76 bits per heavy atom. The van der Waals surface area contributed by atoms with E-state index in [4.69, 9.17) is 0 Å². The first-order valence-electron chi connectivity index (χ1n) is 7.52. The van der Waals surface area contributed by atoms with Crippen LogP contribution in [0.5, 0.6) is 0 Å². The van der Waals surface area contributed by atoms with E-state index in [2.05, 4.69) is 4.98 Å². The van der Waals surface area contributed by atoms with Crippen molar-refractivity contribution in [3.63, 3.8) is 0 Å². The van der Waals surface area contributed by atoms with Gasteiger partial charge in [-0.05, 0) is 39.5 Å². The predicted molar refractivity (Wildman–Crippen MR) is 80.5 cm³/mol. The lowest BCUT2D eigenvalue weighted by Crippen LogP contribution is -2.33. The molecule has 0 amide bonds. The molecule has 6 nitrogen and oxygen atoms in total. The Labute approximate surface area is 126 Å². The van der Waals surface area contributed by atoms with Crippen LogP contribution in [0.3, 0.4) is 0 Å². The Hall–Kier alpha value is -0.920. The third-order valence-electron chi connectivity index (χ3n) is 4.05. The van der Waals surface area contributed by atoms with Crippen molar-refractivity contribution >= 4 is 10.0 Å². The molecule has 1 atom stereocenters. The second kappa shape index (κ2) is 6.06. The summed E-state index contributed by atoms with van der Waals surface area (Å²) in [7, 11) is -3.57. The summed E-state index contributed by atoms with van der Waals surface area (Å²) in [6.45, 7) is 7.19. The van der Waals surface area contributed by atoms with Gasteiger partial charge in [-0.1, -0.05) is 6.92 Å². The fraction of sp³-hybridized carbons (Fsp3) is 0.786. The monoisotopic (exact) mass is 315 g/mol. The molecular weight excluding hydrogens is 290 g/mol. The molecule has 2 rings (SSSR count). The SMILES string of the molecule is CCCn1cc(S(=O)(=O)N2CCCC(C)(O)CC2)nc1C. The molecule has 0 aromatic carbocycles. The first-order valence-corrected chi connectivity index (χ1v) is 8.96. The van der Waals surface area contributed by atoms with Crippen molar-refractivity contribution in [2.75, 3.05) is 13.1 Å². The van der Waals surface area contributed by atoms with E-state index in [0.29, 0.717) is 32.4 Å². The Morgan fingerprint density at radius 1 is 1.38 bits per heavy atom. The van der Waals surface area contributed by atoms with E-state index in [0.717, 1.165) is 18.8 Å². The normalized spacial score (nSPS) is 25.0. The van der Waals surface area contributed by atoms with E-state index >= 15 is 0 Å². The highest BCUT2D eigenvalue weighted by Crippen LogP contribution is 2.25. The lowest BCUT2D eigenvalue weighted by atomic mass is 9.98. The summed E-state index contributed by atoms with van der Waals surface area (Å²) in [6.07, 6.45) is 4.31. The van der Waals surface area contributed by atoms with Gasteiger partial charge < -0.3 is 9.67 Å². The van der Waals surface area contributed by atoms with E-state index in [-0.39, 0.29) is 5.03 Å². The second-order valence-electron chi connectivity index (χ2n) is 6.07. The maximum Gasteiger partial charge on any atom is 0.262 e. The average Bonchev–Trinajstić information content (AvgIpc) is 2.65. The molecule has 1 N–H and O–H groups in total. The maximum atomic E-state index is 12.7. The summed E-state index contributed by atoms with van der Waals surface area (Å²) in [6, 6.07) is 0. The third kappa shape index (κ3) is 3.64. The van der Waals surface area contributed by atoms with E-state index in [1.807, 2.05) is 18.4 Å². The van der Waals surface area contributed by atoms with E-state index < -0.39 is 15.6 Å². The van der Waals surface area contributed by atoms with Crippen molar-refractivity contribution in [2.45, 2.75) is 63.6 Å². The molecule has 1 saturated heterocycles. The minimum absolute atomic E-state index is 0.120. The zero-order valence-electron chi connectivity index (χ0n) is 13.0. The molecule has 0 aliphatic carbocycles. The van der Waals surface area contributed by atoms with Gasteiger partial charge in [0.2, 0.25) is 0 Å². The molecular formula is C14H25N3O3S. The van der Waals surface area contributed by atoms with Gasteiger partial charge in [0.05, 0.1) is 5.60 Å². The van der Waals surface area contributed by atoms with E-state index in [1.54, 1.807) is 13.1 Å². The summed E-state index contributed by atoms with van der Waals surface area (Å²) < 4.78 is 28.7. The number of aliphatic hydroxyl groups is 1. The number of aryl methyl sites for hydroxylation is 2. The van der Waals surface area contributed by atoms with Gasteiger partial charge in [0.15, 0.2) is 5.03 Å². The van der Waals surface area contributed by atoms with Crippen LogP contribution in [-0.4, -0.2) is 46.1 Å². The molecule has 2 heterocycles. The van der Waals surface area contributed by atoms with Crippen LogP contribution in [0, 0.1) is 6.92 Å². The van der Waals surface area contributed by atoms with Crippen molar-refractivity contribution in [1.29, 1.82) is 0 Å². The number of imidazole rings is 1. The van der Waals surface area contributed by atoms with Crippen molar-refractivity contribution in [2.24, 2.45) is 0 Å². The number of hydrogen-bond acceptors (Lipinski definition) is 4. The van der Waals surface area contributed by atoms with Gasteiger partial charge in [-0.15, -0.1) is 0 Å². The minimum atomic E-state index is -3.57. The van der Waals surface area contributed by atoms with E-state index in [9.17, 15) is 13.5 Å². The predicted octanol–water partition coefficient (Wildman–Crippen LogP) is 1.53. The van der Waals surface area contributed by atoms with Gasteiger partial charge in [-0.2, -0.15) is 4.31 Å². The van der Waals surface area contributed by atoms with Crippen LogP contribution in [0.2, 0.25) is 0 Å². The molecule has 1 aliphatic rings. The van der Waals surface area contributed by atoms with Gasteiger partial charge in [0.1, 0.15) is 5.82 Å². The molecule has 1 aliphatic heterocycles. The van der Waals surface area contributed by atoms with Gasteiger partial charge in [0, 0.05) is 25.8 Å². The summed E-state index contributed by atoms with van der Waals surface area (Å²) in [5.74, 6) is 0.720. The fourth-order valence-corrected chi connectivity index (χ4v) is 4.16. The maximum absolute atomic E-state index is 12.7. The Bertz CT molecular complexity index is 593. The lowest BCUT2D eigenvalue weighted by molar-refractivity contribution is 0.0465. The van der Waals surface area contributed by atoms with Crippen LogP contribution in [0.25, 0.3) is 0 Å². The highest BCUT2D eigenvalue weighted by molar-refractivity contribution is 7.89. The van der Waals surface area contributed by atoms with Gasteiger partial charge in [-0.25, -0.2) is 13.4 Å². The fourth-order valence-electron chi connectivity index (χ4n) is 2.68. The molecule has 0 saturated carbocycles. The molecule has 0 bridgehead atoms. The Morgan fingerprint density at radius 2 is 2.10 bits per heavy atom. The number of rotatable bonds is 4. The standard InChI is InChI=1S/C14H25N3O3S/c1-4-8-16-11-13(15-12(16)2)21(19,20)17-9-5-6-14(3,18)7-10-17/h11,18H,4-10H2,1-3H3. The van der Waals surface area contributed by atoms with Crippen LogP contribution in [0.15, 0.2) is 11.2 Å². The topological polar surface area (TPSA) is 75.4 Å². The molecule has 1 aromatic heterocycles. The first-order chi connectivity index (χ1) is 9.76. The zero-order chi connectivity index (χ0) is 15.7. The molecule has 0 spiro atoms. The van der Waals surface area contributed by atoms with Crippen LogP contribution in [0.1, 0.15) is 45.4 Å². The summed E-state index contributed by atoms with van der Waals surface area (Å²) >= 11 is 0. The number of hydrogen-bond donors (Lipinski definition) is 1. The third-order valence-corrected chi connectivity index (χ3v) is 5.82. The van der Waals surface area contributed by atoms with Crippen LogP contribution >= 0.6 is 0 Å². The smallest absolute Gasteiger partial charge is 0.262 e. The molecule has 1 unspecified atom stereocenters. The lowest BCUT2D eigenvalue weighted by Gasteiger charge is -2.21. The van der Waals surface area contributed by atoms with E-state index in [1.165, 1.54) is 4.31 Å². The summed E-state index contributed by atoms with van der Waals surface area (Å²) in [4.78, 5) is 4.21. The molecule has 7 heteroatoms. The van der Waals surface area contributed by atoms with Crippen molar-refractivity contribution in [3.05, 3.63) is 12.0 Å². The molecule has 120 valence electrons. The highest BCUT2D eigenvalue weighted by Gasteiger charge is 2.33. The summed E-state index contributed by atoms with van der Waals surface area (Å²) in [5, 5.41) is 10.2. The Balaban J connectivity index is 2.23. The summed E-state index contributed by atoms with van der Waals surface area (Å²) in [5.41, 5.74) is -0.776. The van der Waals surface area contributed by atoms with Crippen molar-refractivity contribution in [3.8, 4) is 0 Å². The zero-order valence-corrected chi connectivity index (χ0v) is 13.9. The minimum Gasteiger partial charge on any atom is -0.390 e. The molecule has 21 heavy (non-hydrogen) atoms. The van der Waals surface area contributed by atoms with Crippen LogP contribution < -0.4 is 0 Å². The average molecular weight is 315 g/mol. The Kier molecular flexibility index (Phi) is 4.75. The number of nitrogens with zero attached hydrogens (tertiary/aromatic N) is 3. The van der Waals surface area contributed by atoms with Crippen LogP contribution in [-0.2, 0) is 16.6 Å². The van der Waals surface area contributed by atoms with Crippen LogP contribution in [0.4, 0.5) is 0 Å². The van der Waals surface area contributed by atoms with Gasteiger partial charge in [0.25, 0.3) is 10.0 Å². The highest BCUT2D eigenvalue weighted by atomic mass is 32.2. The van der Waals surface area contributed by atoms with Gasteiger partial charge in [-0.3, -0.25) is 0 Å². The number of aromatic nitrogens is 2. The van der Waals surface area contributed by atoms with Crippen molar-refractivity contribution < 1.29 is 13.5 Å². The first kappa shape index (κ1) is 16.5. The van der Waals surface area contributed by atoms with Gasteiger partial charge >= 0.3 is 0 Å². The molecule has 1 aromatic rings. The quantitative estimate of drug-likeness (QED) is 0.914. The van der Waals surface area contributed by atoms with Crippen molar-refractivity contribution in [1.82, 2.24) is 13.9 Å². The number of sulfonamides is 1. The molecule has 1 fully saturated rings.